The molecule has 1 aromatic carbocycles. The highest BCUT2D eigenvalue weighted by Crippen LogP contribution is 2.22. The lowest BCUT2D eigenvalue weighted by Crippen LogP contribution is -2.00. The highest BCUT2D eigenvalue weighted by atomic mass is 14.1. The van der Waals surface area contributed by atoms with Crippen LogP contribution < -0.4 is 0 Å². The Morgan fingerprint density at radius 2 is 0.543 bits per heavy atom. The van der Waals surface area contributed by atoms with Crippen LogP contribution in [0.15, 0.2) is 18.2 Å². The maximum atomic E-state index is 4.33. The molecule has 0 aliphatic carbocycles. The monoisotopic (exact) mass is 638 g/mol. The number of benzene rings is 1. The fraction of sp³-hybridized carbons (Fsp3) is 0.848. The molecule has 269 valence electrons. The third-order valence-corrected chi connectivity index (χ3v) is 10.7. The van der Waals surface area contributed by atoms with Crippen molar-refractivity contribution in [3.63, 3.8) is 0 Å². The number of rotatable bonds is 37. The molecular weight excluding hydrogens is 553 g/mol. The summed E-state index contributed by atoms with van der Waals surface area (Å²) in [5.41, 5.74) is 4.77. The van der Waals surface area contributed by atoms with E-state index in [9.17, 15) is 0 Å². The van der Waals surface area contributed by atoms with Gasteiger partial charge in [-0.05, 0) is 55.7 Å². The van der Waals surface area contributed by atoms with Gasteiger partial charge < -0.3 is 0 Å². The fourth-order valence-corrected chi connectivity index (χ4v) is 7.56. The van der Waals surface area contributed by atoms with Crippen LogP contribution in [-0.4, -0.2) is 0 Å². The van der Waals surface area contributed by atoms with E-state index in [1.165, 1.54) is 231 Å². The second kappa shape index (κ2) is 35.5. The van der Waals surface area contributed by atoms with Gasteiger partial charge in [0.1, 0.15) is 0 Å². The third kappa shape index (κ3) is 27.2. The molecule has 0 aliphatic heterocycles. The number of unbranched alkanes of at least 4 members (excludes halogenated alkanes) is 32. The number of hydrogen-bond donors (Lipinski definition) is 0. The summed E-state index contributed by atoms with van der Waals surface area (Å²) in [6, 6.07) is 7.11. The van der Waals surface area contributed by atoms with E-state index in [1.807, 2.05) is 0 Å². The standard InChI is InChI=1S/C46H85/c1-4-7-9-11-13-15-17-19-21-23-25-27-29-31-33-35-37-40-44-42-39-43-45(46(44)6-3)41-38-36-34-32-30-28-26-24-22-20-18-16-14-12-10-8-5-2/h39,42-43H,3-38,40-41H2,1-2H3. The molecule has 0 N–H and O–H groups in total. The predicted molar refractivity (Wildman–Crippen MR) is 211 cm³/mol. The van der Waals surface area contributed by atoms with E-state index < -0.39 is 0 Å². The van der Waals surface area contributed by atoms with E-state index in [4.69, 9.17) is 0 Å². The Morgan fingerprint density at radius 1 is 0.326 bits per heavy atom. The van der Waals surface area contributed by atoms with Crippen LogP contribution in [0.25, 0.3) is 0 Å². The van der Waals surface area contributed by atoms with Gasteiger partial charge in [-0.25, -0.2) is 0 Å². The maximum absolute atomic E-state index is 4.33. The van der Waals surface area contributed by atoms with E-state index in [1.54, 1.807) is 16.7 Å². The molecule has 0 heteroatoms. The van der Waals surface area contributed by atoms with Gasteiger partial charge >= 0.3 is 0 Å². The summed E-state index contributed by atoms with van der Waals surface area (Å²) < 4.78 is 0. The topological polar surface area (TPSA) is 0 Å². The van der Waals surface area contributed by atoms with Crippen LogP contribution in [0.2, 0.25) is 0 Å². The first-order valence-electron chi connectivity index (χ1n) is 21.7. The van der Waals surface area contributed by atoms with Crippen molar-refractivity contribution in [3.8, 4) is 0 Å². The van der Waals surface area contributed by atoms with Crippen LogP contribution in [-0.2, 0) is 19.3 Å². The first-order valence-corrected chi connectivity index (χ1v) is 21.7. The van der Waals surface area contributed by atoms with Gasteiger partial charge in [0.15, 0.2) is 0 Å². The lowest BCUT2D eigenvalue weighted by Gasteiger charge is -2.14. The van der Waals surface area contributed by atoms with Gasteiger partial charge in [-0.3, -0.25) is 0 Å². The highest BCUT2D eigenvalue weighted by Gasteiger charge is 2.07. The molecule has 0 amide bonds. The molecule has 1 aromatic rings. The Kier molecular flexibility index (Phi) is 33.4. The van der Waals surface area contributed by atoms with Gasteiger partial charge in [-0.15, -0.1) is 0 Å². The summed E-state index contributed by atoms with van der Waals surface area (Å²) in [5, 5.41) is 0. The van der Waals surface area contributed by atoms with Crippen LogP contribution in [0.5, 0.6) is 0 Å². The molecule has 0 spiro atoms. The molecule has 0 bridgehead atoms. The Hall–Kier alpha value is -0.780. The quantitative estimate of drug-likeness (QED) is 0.0637. The van der Waals surface area contributed by atoms with E-state index in [0.29, 0.717) is 0 Å². The van der Waals surface area contributed by atoms with Crippen molar-refractivity contribution in [2.45, 2.75) is 251 Å². The molecule has 0 saturated carbocycles. The normalized spacial score (nSPS) is 11.5. The van der Waals surface area contributed by atoms with Crippen LogP contribution in [0.3, 0.4) is 0 Å². The second-order valence-electron chi connectivity index (χ2n) is 15.1. The molecule has 0 unspecified atom stereocenters. The van der Waals surface area contributed by atoms with Crippen LogP contribution in [0.1, 0.15) is 249 Å². The second-order valence-corrected chi connectivity index (χ2v) is 15.1. The van der Waals surface area contributed by atoms with Crippen molar-refractivity contribution in [3.05, 3.63) is 41.8 Å². The molecule has 1 radical (unpaired) electrons. The van der Waals surface area contributed by atoms with Gasteiger partial charge in [0, 0.05) is 0 Å². The molecular formula is C46H85. The Balaban J connectivity index is 1.96. The largest absolute Gasteiger partial charge is 0.0654 e. The Bertz CT molecular complexity index is 660. The van der Waals surface area contributed by atoms with E-state index in [0.717, 1.165) is 6.42 Å². The SMILES string of the molecule is [CH2]Cc1c(CCCCCCCCCCCCCCCCCCC)cccc1CCCCCCCCCCCCCCCCCCC. The summed E-state index contributed by atoms with van der Waals surface area (Å²) in [4.78, 5) is 0. The van der Waals surface area contributed by atoms with Gasteiger partial charge in [0.25, 0.3) is 0 Å². The van der Waals surface area contributed by atoms with Crippen molar-refractivity contribution in [1.82, 2.24) is 0 Å². The summed E-state index contributed by atoms with van der Waals surface area (Å²) >= 11 is 0. The van der Waals surface area contributed by atoms with E-state index in [-0.39, 0.29) is 0 Å². The van der Waals surface area contributed by atoms with Crippen LogP contribution in [0.4, 0.5) is 0 Å². The minimum absolute atomic E-state index is 0.962. The Morgan fingerprint density at radius 3 is 0.761 bits per heavy atom. The lowest BCUT2D eigenvalue weighted by atomic mass is 9.92. The van der Waals surface area contributed by atoms with Gasteiger partial charge in [0.2, 0.25) is 0 Å². The number of hydrogen-bond acceptors (Lipinski definition) is 0. The molecule has 0 nitrogen and oxygen atoms in total. The molecule has 0 atom stereocenters. The van der Waals surface area contributed by atoms with Crippen molar-refractivity contribution in [2.24, 2.45) is 0 Å². The van der Waals surface area contributed by atoms with Crippen molar-refractivity contribution in [1.29, 1.82) is 0 Å². The van der Waals surface area contributed by atoms with Gasteiger partial charge in [0.05, 0.1) is 0 Å². The highest BCUT2D eigenvalue weighted by molar-refractivity contribution is 5.36. The van der Waals surface area contributed by atoms with E-state index in [2.05, 4.69) is 39.0 Å². The average Bonchev–Trinajstić information content (AvgIpc) is 3.07. The summed E-state index contributed by atoms with van der Waals surface area (Å²) in [7, 11) is 0. The van der Waals surface area contributed by atoms with Gasteiger partial charge in [-0.1, -0.05) is 238 Å². The average molecular weight is 638 g/mol. The minimum Gasteiger partial charge on any atom is -0.0654 e. The lowest BCUT2D eigenvalue weighted by molar-refractivity contribution is 0.526. The minimum atomic E-state index is 0.962. The molecule has 1 rings (SSSR count). The predicted octanol–water partition coefficient (Wildman–Crippen LogP) is 16.5. The maximum Gasteiger partial charge on any atom is -0.0273 e. The molecule has 0 saturated heterocycles. The first kappa shape index (κ1) is 43.2. The summed E-state index contributed by atoms with van der Waals surface area (Å²) in [5.74, 6) is 0. The van der Waals surface area contributed by atoms with Crippen LogP contribution in [0, 0.1) is 6.92 Å². The fourth-order valence-electron chi connectivity index (χ4n) is 7.56. The molecule has 0 fully saturated rings. The van der Waals surface area contributed by atoms with Crippen molar-refractivity contribution in [2.75, 3.05) is 0 Å². The van der Waals surface area contributed by atoms with Gasteiger partial charge in [-0.2, -0.15) is 0 Å². The smallest absolute Gasteiger partial charge is 0.0273 e. The number of aryl methyl sites for hydroxylation is 2. The Labute approximate surface area is 292 Å². The molecule has 46 heavy (non-hydrogen) atoms. The molecule has 0 aromatic heterocycles. The molecule has 0 aliphatic rings. The molecule has 0 heterocycles. The zero-order valence-electron chi connectivity index (χ0n) is 32.1. The van der Waals surface area contributed by atoms with Crippen LogP contribution >= 0.6 is 0 Å². The third-order valence-electron chi connectivity index (χ3n) is 10.7. The van der Waals surface area contributed by atoms with Crippen molar-refractivity contribution < 1.29 is 0 Å². The van der Waals surface area contributed by atoms with E-state index >= 15 is 0 Å². The zero-order valence-corrected chi connectivity index (χ0v) is 32.1. The first-order chi connectivity index (χ1) is 22.8. The summed E-state index contributed by atoms with van der Waals surface area (Å²) in [6.07, 6.45) is 52.7. The zero-order chi connectivity index (χ0) is 33.0. The summed E-state index contributed by atoms with van der Waals surface area (Å²) in [6.45, 7) is 8.95. The van der Waals surface area contributed by atoms with Crippen molar-refractivity contribution >= 4 is 0 Å².